The fraction of sp³-hybridized carbons (Fsp3) is 0.375. The van der Waals surface area contributed by atoms with E-state index in [0.29, 0.717) is 5.65 Å². The van der Waals surface area contributed by atoms with Gasteiger partial charge in [-0.05, 0) is 36.5 Å². The lowest BCUT2D eigenvalue weighted by Gasteiger charge is -2.19. The molecule has 0 unspecified atom stereocenters. The maximum absolute atomic E-state index is 5.54. The van der Waals surface area contributed by atoms with Crippen LogP contribution in [0.2, 0.25) is 0 Å². The Kier molecular flexibility index (Phi) is 5.33. The summed E-state index contributed by atoms with van der Waals surface area (Å²) < 4.78 is 7.72. The largest absolute Gasteiger partial charge is 0.382 e. The van der Waals surface area contributed by atoms with Gasteiger partial charge in [0.1, 0.15) is 5.82 Å². The molecule has 2 aromatic carbocycles. The number of nitrogens with zero attached hydrogens (tertiary/aromatic N) is 4. The van der Waals surface area contributed by atoms with Crippen molar-refractivity contribution in [2.45, 2.75) is 46.1 Å². The third-order valence-electron chi connectivity index (χ3n) is 5.14. The molecule has 2 aromatic heterocycles. The molecule has 4 rings (SSSR count). The number of aryl methyl sites for hydroxylation is 1. The van der Waals surface area contributed by atoms with E-state index in [1.165, 1.54) is 5.56 Å². The fourth-order valence-corrected chi connectivity index (χ4v) is 3.52. The van der Waals surface area contributed by atoms with E-state index < -0.39 is 0 Å². The smallest absolute Gasteiger partial charge is 0.198 e. The molecule has 5 nitrogen and oxygen atoms in total. The van der Waals surface area contributed by atoms with E-state index in [4.69, 9.17) is 19.7 Å². The summed E-state index contributed by atoms with van der Waals surface area (Å²) in [6, 6.07) is 16.6. The number of aromatic nitrogens is 4. The van der Waals surface area contributed by atoms with Gasteiger partial charge >= 0.3 is 0 Å². The maximum atomic E-state index is 5.54. The van der Waals surface area contributed by atoms with Crippen LogP contribution in [-0.4, -0.2) is 32.7 Å². The average molecular weight is 389 g/mol. The monoisotopic (exact) mass is 388 g/mol. The lowest BCUT2D eigenvalue weighted by molar-refractivity contribution is 0.142. The maximum Gasteiger partial charge on any atom is 0.198 e. The summed E-state index contributed by atoms with van der Waals surface area (Å²) in [5.74, 6) is 0.910. The van der Waals surface area contributed by atoms with E-state index >= 15 is 0 Å². The summed E-state index contributed by atoms with van der Waals surface area (Å²) in [4.78, 5) is 14.5. The molecule has 0 N–H and O–H groups in total. The Morgan fingerprint density at radius 3 is 2.24 bits per heavy atom. The number of para-hydroxylation sites is 2. The van der Waals surface area contributed by atoms with Crippen molar-refractivity contribution < 1.29 is 4.74 Å². The zero-order valence-electron chi connectivity index (χ0n) is 17.6. The van der Waals surface area contributed by atoms with Crippen molar-refractivity contribution in [2.75, 3.05) is 13.2 Å². The summed E-state index contributed by atoms with van der Waals surface area (Å²) in [6.07, 6.45) is 0.904. The van der Waals surface area contributed by atoms with Crippen LogP contribution < -0.4 is 0 Å². The van der Waals surface area contributed by atoms with Crippen LogP contribution in [0.3, 0.4) is 0 Å². The molecule has 2 heterocycles. The molecule has 0 saturated carbocycles. The third kappa shape index (κ3) is 4.01. The second-order valence-electron chi connectivity index (χ2n) is 8.32. The first-order valence-electron chi connectivity index (χ1n) is 10.3. The van der Waals surface area contributed by atoms with E-state index in [9.17, 15) is 0 Å². The predicted molar refractivity (Wildman–Crippen MR) is 118 cm³/mol. The minimum atomic E-state index is 0.122. The number of ether oxygens (including phenoxy) is 1. The van der Waals surface area contributed by atoms with Crippen LogP contribution in [-0.2, 0) is 16.7 Å². The van der Waals surface area contributed by atoms with Gasteiger partial charge in [-0.1, -0.05) is 57.2 Å². The van der Waals surface area contributed by atoms with Crippen molar-refractivity contribution in [3.8, 4) is 11.4 Å². The van der Waals surface area contributed by atoms with Crippen molar-refractivity contribution >= 4 is 22.3 Å². The van der Waals surface area contributed by atoms with Gasteiger partial charge in [-0.15, -0.1) is 0 Å². The molecule has 0 spiro atoms. The van der Waals surface area contributed by atoms with E-state index in [2.05, 4.69) is 49.6 Å². The predicted octanol–water partition coefficient (Wildman–Crippen LogP) is 5.37. The summed E-state index contributed by atoms with van der Waals surface area (Å²) in [5.41, 5.74) is 5.79. The van der Waals surface area contributed by atoms with E-state index in [1.807, 2.05) is 31.2 Å². The average Bonchev–Trinajstić information content (AvgIpc) is 3.06. The molecule has 29 heavy (non-hydrogen) atoms. The Balaban J connectivity index is 1.81. The third-order valence-corrected chi connectivity index (χ3v) is 5.14. The van der Waals surface area contributed by atoms with Gasteiger partial charge in [-0.3, -0.25) is 0 Å². The Labute approximate surface area is 171 Å². The topological polar surface area (TPSA) is 52.8 Å². The first-order valence-corrected chi connectivity index (χ1v) is 10.3. The number of hydrogen-bond donors (Lipinski definition) is 0. The molecule has 4 aromatic rings. The van der Waals surface area contributed by atoms with Crippen molar-refractivity contribution in [3.63, 3.8) is 0 Å². The highest BCUT2D eigenvalue weighted by molar-refractivity contribution is 5.84. The van der Waals surface area contributed by atoms with Crippen LogP contribution in [0.5, 0.6) is 0 Å². The summed E-state index contributed by atoms with van der Waals surface area (Å²) in [5, 5.41) is 0. The van der Waals surface area contributed by atoms with Crippen molar-refractivity contribution in [1.82, 2.24) is 19.5 Å². The summed E-state index contributed by atoms with van der Waals surface area (Å²) >= 11 is 0. The molecule has 0 saturated heterocycles. The van der Waals surface area contributed by atoms with Crippen LogP contribution in [0.1, 0.15) is 39.7 Å². The first-order chi connectivity index (χ1) is 14.0. The molecule has 5 heteroatoms. The normalized spacial score (nSPS) is 12.1. The van der Waals surface area contributed by atoms with Crippen molar-refractivity contribution in [1.29, 1.82) is 0 Å². The van der Waals surface area contributed by atoms with Gasteiger partial charge in [0.25, 0.3) is 0 Å². The van der Waals surface area contributed by atoms with E-state index in [1.54, 1.807) is 0 Å². The Hall–Kier alpha value is -2.79. The van der Waals surface area contributed by atoms with Gasteiger partial charge in [0.2, 0.25) is 0 Å². The van der Waals surface area contributed by atoms with Gasteiger partial charge in [-0.25, -0.2) is 15.0 Å². The van der Waals surface area contributed by atoms with Gasteiger partial charge in [0.15, 0.2) is 11.3 Å². The highest BCUT2D eigenvalue weighted by Gasteiger charge is 2.18. The van der Waals surface area contributed by atoms with E-state index in [0.717, 1.165) is 54.2 Å². The highest BCUT2D eigenvalue weighted by atomic mass is 16.5. The second-order valence-corrected chi connectivity index (χ2v) is 8.32. The Bertz CT molecular complexity index is 1120. The number of rotatable bonds is 6. The Morgan fingerprint density at radius 2 is 1.59 bits per heavy atom. The van der Waals surface area contributed by atoms with Gasteiger partial charge in [-0.2, -0.15) is 0 Å². The zero-order chi connectivity index (χ0) is 20.4. The lowest BCUT2D eigenvalue weighted by atomic mass is 9.87. The molecule has 0 atom stereocenters. The van der Waals surface area contributed by atoms with Crippen LogP contribution in [0.4, 0.5) is 0 Å². The van der Waals surface area contributed by atoms with Gasteiger partial charge in [0, 0.05) is 25.3 Å². The molecule has 150 valence electrons. The van der Waals surface area contributed by atoms with Crippen LogP contribution >= 0.6 is 0 Å². The number of imidazole rings is 1. The SMILES string of the molecule is CCOCCCn1c(-c2ccc(C(C)(C)C)cc2)nc2nc3ccccc3nc21. The lowest BCUT2D eigenvalue weighted by Crippen LogP contribution is -2.10. The quantitative estimate of drug-likeness (QED) is 0.417. The molecule has 0 aliphatic heterocycles. The number of hydrogen-bond acceptors (Lipinski definition) is 4. The molecule has 0 bridgehead atoms. The van der Waals surface area contributed by atoms with Crippen LogP contribution in [0.15, 0.2) is 48.5 Å². The van der Waals surface area contributed by atoms with E-state index in [-0.39, 0.29) is 5.41 Å². The number of benzene rings is 2. The van der Waals surface area contributed by atoms with Gasteiger partial charge < -0.3 is 9.30 Å². The molecule has 0 aliphatic carbocycles. The van der Waals surface area contributed by atoms with Crippen molar-refractivity contribution in [3.05, 3.63) is 54.1 Å². The zero-order valence-corrected chi connectivity index (χ0v) is 17.6. The fourth-order valence-electron chi connectivity index (χ4n) is 3.52. The first kappa shape index (κ1) is 19.5. The van der Waals surface area contributed by atoms with Gasteiger partial charge in [0.05, 0.1) is 11.0 Å². The minimum Gasteiger partial charge on any atom is -0.382 e. The standard InChI is InChI=1S/C24H28N4O/c1-5-29-16-8-15-28-22(17-11-13-18(14-12-17)24(2,3)4)27-21-23(28)26-20-10-7-6-9-19(20)25-21/h6-7,9-14H,5,8,15-16H2,1-4H3. The highest BCUT2D eigenvalue weighted by Crippen LogP contribution is 2.28. The molecule has 0 aliphatic rings. The molecule has 0 radical (unpaired) electrons. The summed E-state index contributed by atoms with van der Waals surface area (Å²) in [7, 11) is 0. The van der Waals surface area contributed by atoms with Crippen molar-refractivity contribution in [2.24, 2.45) is 0 Å². The second kappa shape index (κ2) is 7.91. The molecule has 0 fully saturated rings. The molecular formula is C24H28N4O. The molecule has 0 amide bonds. The molecular weight excluding hydrogens is 360 g/mol. The van der Waals surface area contributed by atoms with Crippen LogP contribution in [0.25, 0.3) is 33.7 Å². The summed E-state index contributed by atoms with van der Waals surface area (Å²) in [6.45, 7) is 10.9. The number of fused-ring (bicyclic) bond motifs is 2. The van der Waals surface area contributed by atoms with Crippen LogP contribution in [0, 0.1) is 0 Å². The minimum absolute atomic E-state index is 0.122. The Morgan fingerprint density at radius 1 is 0.897 bits per heavy atom.